The number of amides is 2. The highest BCUT2D eigenvalue weighted by Gasteiger charge is 2.41. The fourth-order valence-electron chi connectivity index (χ4n) is 5.71. The molecule has 2 aliphatic heterocycles. The summed E-state index contributed by atoms with van der Waals surface area (Å²) in [5.41, 5.74) is 2.99. The Balaban J connectivity index is 1.46. The highest BCUT2D eigenvalue weighted by molar-refractivity contribution is 5.83. The van der Waals surface area contributed by atoms with Crippen LogP contribution in [0.4, 0.5) is 4.79 Å². The van der Waals surface area contributed by atoms with Gasteiger partial charge in [0.25, 0.3) is 0 Å². The third kappa shape index (κ3) is 5.30. The Morgan fingerprint density at radius 3 is 2.71 bits per heavy atom. The van der Waals surface area contributed by atoms with Crippen LogP contribution in [0.3, 0.4) is 0 Å². The first-order valence-electron chi connectivity index (χ1n) is 12.8. The van der Waals surface area contributed by atoms with E-state index in [2.05, 4.69) is 23.6 Å². The number of esters is 1. The topological polar surface area (TPSA) is 87.8 Å². The van der Waals surface area contributed by atoms with Gasteiger partial charge >= 0.3 is 12.0 Å². The van der Waals surface area contributed by atoms with Crippen molar-refractivity contribution in [3.8, 4) is 6.07 Å². The van der Waals surface area contributed by atoms with Crippen LogP contribution in [0.5, 0.6) is 0 Å². The Kier molecular flexibility index (Phi) is 7.97. The zero-order valence-corrected chi connectivity index (χ0v) is 21.0. The van der Waals surface area contributed by atoms with Gasteiger partial charge in [0.15, 0.2) is 0 Å². The van der Waals surface area contributed by atoms with Crippen molar-refractivity contribution in [2.75, 3.05) is 26.8 Å². The molecule has 0 aliphatic carbocycles. The lowest BCUT2D eigenvalue weighted by Gasteiger charge is -2.32. The molecule has 2 amide bonds. The molecule has 1 aromatic heterocycles. The molecule has 0 bridgehead atoms. The van der Waals surface area contributed by atoms with Gasteiger partial charge < -0.3 is 23.8 Å². The number of rotatable bonds is 8. The first-order valence-corrected chi connectivity index (χ1v) is 12.8. The van der Waals surface area contributed by atoms with E-state index in [0.717, 1.165) is 49.7 Å². The molecule has 8 nitrogen and oxygen atoms in total. The van der Waals surface area contributed by atoms with Crippen molar-refractivity contribution in [1.82, 2.24) is 14.4 Å². The average Bonchev–Trinajstić information content (AvgIpc) is 3.58. The Morgan fingerprint density at radius 2 is 2.00 bits per heavy atom. The molecule has 2 aromatic rings. The average molecular weight is 481 g/mol. The standard InChI is InChI=1S/C27H36N4O4/c1-4-29-22(14-20-9-8-19(17-28)13-25(20)29)11-10-21-7-6-12-30(21)27(33)31-18-24(34-3)15-23(31)16-26(32)35-5-2/h8-9,13-14,21,23-24H,4-7,10-12,15-16,18H2,1-3H3/t21-,23+,24+/m0/s1. The molecule has 0 unspecified atom stereocenters. The molecular formula is C27H36N4O4. The first kappa shape index (κ1) is 25.1. The van der Waals surface area contributed by atoms with E-state index in [1.54, 1.807) is 14.0 Å². The number of aryl methyl sites for hydroxylation is 2. The van der Waals surface area contributed by atoms with Crippen molar-refractivity contribution in [2.45, 2.75) is 77.1 Å². The third-order valence-corrected chi connectivity index (χ3v) is 7.45. The van der Waals surface area contributed by atoms with E-state index in [0.29, 0.717) is 25.1 Å². The van der Waals surface area contributed by atoms with E-state index in [1.165, 1.54) is 5.69 Å². The van der Waals surface area contributed by atoms with Crippen LogP contribution in [0.1, 0.15) is 57.2 Å². The fourth-order valence-corrected chi connectivity index (χ4v) is 5.71. The number of urea groups is 1. The summed E-state index contributed by atoms with van der Waals surface area (Å²) in [7, 11) is 1.66. The fraction of sp³-hybridized carbons (Fsp3) is 0.593. The molecule has 3 atom stereocenters. The van der Waals surface area contributed by atoms with Gasteiger partial charge in [-0.2, -0.15) is 5.26 Å². The number of aromatic nitrogens is 1. The third-order valence-electron chi connectivity index (χ3n) is 7.45. The molecule has 4 rings (SSSR count). The van der Waals surface area contributed by atoms with Gasteiger partial charge in [-0.25, -0.2) is 4.79 Å². The zero-order valence-electron chi connectivity index (χ0n) is 21.0. The van der Waals surface area contributed by atoms with E-state index in [9.17, 15) is 14.9 Å². The minimum Gasteiger partial charge on any atom is -0.466 e. The molecule has 0 spiro atoms. The minimum atomic E-state index is -0.267. The Labute approximate surface area is 207 Å². The van der Waals surface area contributed by atoms with Crippen LogP contribution in [0.15, 0.2) is 24.3 Å². The van der Waals surface area contributed by atoms with E-state index < -0.39 is 0 Å². The summed E-state index contributed by atoms with van der Waals surface area (Å²) >= 11 is 0. The predicted octanol–water partition coefficient (Wildman–Crippen LogP) is 4.09. The monoisotopic (exact) mass is 480 g/mol. The normalized spacial score (nSPS) is 22.1. The Morgan fingerprint density at radius 1 is 1.17 bits per heavy atom. The summed E-state index contributed by atoms with van der Waals surface area (Å²) in [6, 6.07) is 10.3. The smallest absolute Gasteiger partial charge is 0.320 e. The van der Waals surface area contributed by atoms with E-state index >= 15 is 0 Å². The Bertz CT molecular complexity index is 1100. The molecule has 0 N–H and O–H groups in total. The summed E-state index contributed by atoms with van der Waals surface area (Å²) in [5.74, 6) is -0.267. The number of likely N-dealkylation sites (tertiary alicyclic amines) is 2. The lowest BCUT2D eigenvalue weighted by atomic mass is 10.1. The number of ether oxygens (including phenoxy) is 2. The van der Waals surface area contributed by atoms with Gasteiger partial charge in [0, 0.05) is 50.0 Å². The quantitative estimate of drug-likeness (QED) is 0.531. The molecule has 2 fully saturated rings. The van der Waals surface area contributed by atoms with E-state index in [4.69, 9.17) is 9.47 Å². The summed E-state index contributed by atoms with van der Waals surface area (Å²) < 4.78 is 13.0. The maximum Gasteiger partial charge on any atom is 0.320 e. The van der Waals surface area contributed by atoms with Crippen LogP contribution in [0, 0.1) is 11.3 Å². The van der Waals surface area contributed by atoms with Gasteiger partial charge in [-0.15, -0.1) is 0 Å². The number of nitriles is 1. The second kappa shape index (κ2) is 11.1. The number of hydrogen-bond acceptors (Lipinski definition) is 5. The molecule has 35 heavy (non-hydrogen) atoms. The highest BCUT2D eigenvalue weighted by atomic mass is 16.5. The first-order chi connectivity index (χ1) is 17.0. The SMILES string of the molecule is CCOC(=O)C[C@H]1C[C@@H](OC)CN1C(=O)N1CCC[C@H]1CCc1cc2ccc(C#N)cc2n1CC. The van der Waals surface area contributed by atoms with Crippen molar-refractivity contribution in [1.29, 1.82) is 5.26 Å². The lowest BCUT2D eigenvalue weighted by Crippen LogP contribution is -2.48. The van der Waals surface area contributed by atoms with Gasteiger partial charge in [0.1, 0.15) is 0 Å². The maximum atomic E-state index is 13.6. The van der Waals surface area contributed by atoms with Crippen LogP contribution in [0.25, 0.3) is 10.9 Å². The highest BCUT2D eigenvalue weighted by Crippen LogP contribution is 2.30. The van der Waals surface area contributed by atoms with Crippen LogP contribution in [-0.4, -0.2) is 71.4 Å². The van der Waals surface area contributed by atoms with Crippen LogP contribution in [-0.2, 0) is 27.2 Å². The van der Waals surface area contributed by atoms with Gasteiger partial charge in [-0.1, -0.05) is 6.07 Å². The van der Waals surface area contributed by atoms with Gasteiger partial charge in [0.05, 0.1) is 30.8 Å². The predicted molar refractivity (Wildman–Crippen MR) is 133 cm³/mol. The van der Waals surface area contributed by atoms with Crippen molar-refractivity contribution in [3.63, 3.8) is 0 Å². The summed E-state index contributed by atoms with van der Waals surface area (Å²) in [6.45, 7) is 6.34. The number of carbonyl (C=O) groups excluding carboxylic acids is 2. The van der Waals surface area contributed by atoms with Gasteiger partial charge in [-0.05, 0) is 69.5 Å². The van der Waals surface area contributed by atoms with Crippen LogP contribution in [0.2, 0.25) is 0 Å². The molecule has 188 valence electrons. The van der Waals surface area contributed by atoms with Crippen LogP contribution >= 0.6 is 0 Å². The van der Waals surface area contributed by atoms with Gasteiger partial charge in [-0.3, -0.25) is 4.79 Å². The maximum absolute atomic E-state index is 13.6. The number of benzene rings is 1. The molecule has 2 aliphatic rings. The Hall–Kier alpha value is -3.05. The molecule has 3 heterocycles. The second-order valence-corrected chi connectivity index (χ2v) is 9.48. The molecule has 0 radical (unpaired) electrons. The number of hydrogen-bond donors (Lipinski definition) is 0. The molecule has 2 saturated heterocycles. The second-order valence-electron chi connectivity index (χ2n) is 9.48. The van der Waals surface area contributed by atoms with Crippen molar-refractivity contribution >= 4 is 22.9 Å². The largest absolute Gasteiger partial charge is 0.466 e. The summed E-state index contributed by atoms with van der Waals surface area (Å²) in [6.07, 6.45) is 4.53. The number of nitrogens with zero attached hydrogens (tertiary/aromatic N) is 4. The van der Waals surface area contributed by atoms with Crippen molar-refractivity contribution in [3.05, 3.63) is 35.5 Å². The number of fused-ring (bicyclic) bond motifs is 1. The zero-order chi connectivity index (χ0) is 24.9. The van der Waals surface area contributed by atoms with E-state index in [-0.39, 0.29) is 36.6 Å². The van der Waals surface area contributed by atoms with Crippen molar-refractivity contribution in [2.24, 2.45) is 0 Å². The van der Waals surface area contributed by atoms with Crippen LogP contribution < -0.4 is 0 Å². The molecule has 0 saturated carbocycles. The van der Waals surface area contributed by atoms with Crippen molar-refractivity contribution < 1.29 is 19.1 Å². The molecule has 8 heteroatoms. The summed E-state index contributed by atoms with van der Waals surface area (Å²) in [5, 5.41) is 10.4. The number of carbonyl (C=O) groups is 2. The minimum absolute atomic E-state index is 0.0102. The molecular weight excluding hydrogens is 444 g/mol. The molecule has 1 aromatic carbocycles. The lowest BCUT2D eigenvalue weighted by molar-refractivity contribution is -0.144. The summed E-state index contributed by atoms with van der Waals surface area (Å²) in [4.78, 5) is 29.6. The van der Waals surface area contributed by atoms with Gasteiger partial charge in [0.2, 0.25) is 0 Å². The van der Waals surface area contributed by atoms with E-state index in [1.807, 2.05) is 28.0 Å². The number of methoxy groups -OCH3 is 1.